The van der Waals surface area contributed by atoms with Crippen LogP contribution in [0.4, 0.5) is 0 Å². The van der Waals surface area contributed by atoms with Gasteiger partial charge in [-0.3, -0.25) is 4.79 Å². The third-order valence-corrected chi connectivity index (χ3v) is 4.75. The van der Waals surface area contributed by atoms with Gasteiger partial charge in [-0.15, -0.1) is 11.3 Å². The van der Waals surface area contributed by atoms with E-state index in [9.17, 15) is 4.79 Å². The van der Waals surface area contributed by atoms with Crippen LogP contribution in [0.5, 0.6) is 0 Å². The lowest BCUT2D eigenvalue weighted by molar-refractivity contribution is -0.126. The van der Waals surface area contributed by atoms with E-state index in [1.165, 1.54) is 4.88 Å². The van der Waals surface area contributed by atoms with Crippen LogP contribution in [0.3, 0.4) is 0 Å². The number of hydrogen-bond acceptors (Lipinski definition) is 3. The zero-order chi connectivity index (χ0) is 13.8. The summed E-state index contributed by atoms with van der Waals surface area (Å²) in [6, 6.07) is 6.14. The maximum atomic E-state index is 12.1. The molecule has 0 aliphatic carbocycles. The van der Waals surface area contributed by atoms with Crippen LogP contribution in [-0.2, 0) is 4.79 Å². The van der Waals surface area contributed by atoms with Crippen molar-refractivity contribution in [2.75, 3.05) is 13.1 Å². The Kier molecular flexibility index (Phi) is 4.02. The average molecular weight is 287 g/mol. The Morgan fingerprint density at radius 3 is 2.85 bits per heavy atom. The molecular weight excluding hydrogens is 270 g/mol. The first kappa shape index (κ1) is 13.2. The van der Waals surface area contributed by atoms with Gasteiger partial charge in [-0.05, 0) is 42.3 Å². The number of nitrogens with zero attached hydrogens (tertiary/aromatic N) is 1. The van der Waals surface area contributed by atoms with Crippen molar-refractivity contribution in [2.45, 2.75) is 18.8 Å². The molecule has 1 amide bonds. The lowest BCUT2D eigenvalue weighted by Crippen LogP contribution is -2.36. The number of thiophene rings is 1. The molecular formula is C16H17NO2S. The van der Waals surface area contributed by atoms with Crippen molar-refractivity contribution in [3.8, 4) is 0 Å². The average Bonchev–Trinajstić information content (AvgIpc) is 3.18. The highest BCUT2D eigenvalue weighted by molar-refractivity contribution is 7.10. The van der Waals surface area contributed by atoms with Crippen LogP contribution in [-0.4, -0.2) is 23.9 Å². The van der Waals surface area contributed by atoms with Crippen LogP contribution in [0.15, 0.2) is 46.6 Å². The molecule has 0 bridgehead atoms. The molecule has 4 heteroatoms. The van der Waals surface area contributed by atoms with Crippen LogP contribution in [0.25, 0.3) is 6.08 Å². The first-order valence-electron chi connectivity index (χ1n) is 6.85. The van der Waals surface area contributed by atoms with Crippen LogP contribution in [0.2, 0.25) is 0 Å². The van der Waals surface area contributed by atoms with E-state index < -0.39 is 0 Å². The van der Waals surface area contributed by atoms with Gasteiger partial charge in [-0.2, -0.15) is 0 Å². The van der Waals surface area contributed by atoms with Gasteiger partial charge >= 0.3 is 0 Å². The molecule has 0 spiro atoms. The molecule has 1 saturated heterocycles. The SMILES string of the molecule is O=C(/C=C/c1ccoc1)N1CCC(c2cccs2)CC1. The Morgan fingerprint density at radius 1 is 1.35 bits per heavy atom. The molecule has 1 aliphatic rings. The highest BCUT2D eigenvalue weighted by Crippen LogP contribution is 2.31. The van der Waals surface area contributed by atoms with Gasteiger partial charge in [-0.1, -0.05) is 6.07 Å². The molecule has 0 radical (unpaired) electrons. The molecule has 20 heavy (non-hydrogen) atoms. The largest absolute Gasteiger partial charge is 0.472 e. The number of rotatable bonds is 3. The predicted octanol–water partition coefficient (Wildman–Crippen LogP) is 3.76. The number of amides is 1. The summed E-state index contributed by atoms with van der Waals surface area (Å²) in [5, 5.41) is 2.13. The fraction of sp³-hybridized carbons (Fsp3) is 0.312. The predicted molar refractivity (Wildman–Crippen MR) is 80.6 cm³/mol. The zero-order valence-electron chi connectivity index (χ0n) is 11.2. The number of hydrogen-bond donors (Lipinski definition) is 0. The minimum absolute atomic E-state index is 0.0934. The van der Waals surface area contributed by atoms with E-state index in [1.54, 1.807) is 24.7 Å². The molecule has 2 aromatic rings. The number of furan rings is 1. The molecule has 0 aromatic carbocycles. The second-order valence-electron chi connectivity index (χ2n) is 5.00. The van der Waals surface area contributed by atoms with Crippen molar-refractivity contribution in [3.05, 3.63) is 52.6 Å². The first-order valence-corrected chi connectivity index (χ1v) is 7.73. The summed E-state index contributed by atoms with van der Waals surface area (Å²) in [5.41, 5.74) is 0.923. The number of carbonyl (C=O) groups is 1. The van der Waals surface area contributed by atoms with Gasteiger partial charge in [0, 0.05) is 29.6 Å². The van der Waals surface area contributed by atoms with Crippen molar-refractivity contribution in [2.24, 2.45) is 0 Å². The summed E-state index contributed by atoms with van der Waals surface area (Å²) < 4.78 is 4.97. The summed E-state index contributed by atoms with van der Waals surface area (Å²) in [4.78, 5) is 15.5. The highest BCUT2D eigenvalue weighted by atomic mass is 32.1. The van der Waals surface area contributed by atoms with E-state index in [0.29, 0.717) is 5.92 Å². The Hall–Kier alpha value is -1.81. The number of piperidine rings is 1. The smallest absolute Gasteiger partial charge is 0.246 e. The van der Waals surface area contributed by atoms with E-state index in [1.807, 2.05) is 22.3 Å². The fourth-order valence-electron chi connectivity index (χ4n) is 2.55. The Bertz CT molecular complexity index is 564. The second-order valence-corrected chi connectivity index (χ2v) is 5.98. The second kappa shape index (κ2) is 6.09. The lowest BCUT2D eigenvalue weighted by atomic mass is 9.95. The van der Waals surface area contributed by atoms with Crippen molar-refractivity contribution >= 4 is 23.3 Å². The Balaban J connectivity index is 1.54. The molecule has 0 unspecified atom stereocenters. The maximum absolute atomic E-state index is 12.1. The lowest BCUT2D eigenvalue weighted by Gasteiger charge is -2.30. The van der Waals surface area contributed by atoms with E-state index in [-0.39, 0.29) is 5.91 Å². The molecule has 0 saturated carbocycles. The van der Waals surface area contributed by atoms with Crippen LogP contribution in [0, 0.1) is 0 Å². The van der Waals surface area contributed by atoms with Gasteiger partial charge in [0.25, 0.3) is 0 Å². The van der Waals surface area contributed by atoms with Crippen molar-refractivity contribution in [3.63, 3.8) is 0 Å². The number of carbonyl (C=O) groups excluding carboxylic acids is 1. The summed E-state index contributed by atoms with van der Waals surface area (Å²) in [6.07, 6.45) is 8.80. The summed E-state index contributed by atoms with van der Waals surface area (Å²) in [5.74, 6) is 0.715. The van der Waals surface area contributed by atoms with E-state index in [4.69, 9.17) is 4.42 Å². The third kappa shape index (κ3) is 3.02. The molecule has 3 heterocycles. The van der Waals surface area contributed by atoms with Gasteiger partial charge in [0.2, 0.25) is 5.91 Å². The van der Waals surface area contributed by atoms with Crippen LogP contribution in [0.1, 0.15) is 29.2 Å². The fourth-order valence-corrected chi connectivity index (χ4v) is 3.45. The van der Waals surface area contributed by atoms with Crippen molar-refractivity contribution < 1.29 is 9.21 Å². The molecule has 1 fully saturated rings. The molecule has 0 atom stereocenters. The third-order valence-electron chi connectivity index (χ3n) is 3.71. The topological polar surface area (TPSA) is 33.5 Å². The van der Waals surface area contributed by atoms with E-state index in [2.05, 4.69) is 17.5 Å². The van der Waals surface area contributed by atoms with Crippen molar-refractivity contribution in [1.82, 2.24) is 4.90 Å². The molecule has 3 nitrogen and oxygen atoms in total. The number of likely N-dealkylation sites (tertiary alicyclic amines) is 1. The van der Waals surface area contributed by atoms with Gasteiger partial charge in [0.1, 0.15) is 0 Å². The van der Waals surface area contributed by atoms with Gasteiger partial charge in [-0.25, -0.2) is 0 Å². The molecule has 1 aliphatic heterocycles. The Morgan fingerprint density at radius 2 is 2.20 bits per heavy atom. The highest BCUT2D eigenvalue weighted by Gasteiger charge is 2.23. The zero-order valence-corrected chi connectivity index (χ0v) is 12.0. The first-order chi connectivity index (χ1) is 9.83. The van der Waals surface area contributed by atoms with Crippen molar-refractivity contribution in [1.29, 1.82) is 0 Å². The molecule has 104 valence electrons. The molecule has 3 rings (SSSR count). The van der Waals surface area contributed by atoms with E-state index in [0.717, 1.165) is 31.5 Å². The standard InChI is InChI=1S/C16H17NO2S/c18-16(4-3-13-7-10-19-12-13)17-8-5-14(6-9-17)15-2-1-11-20-15/h1-4,7,10-12,14H,5-6,8-9H2/b4-3+. The van der Waals surface area contributed by atoms with Crippen LogP contribution >= 0.6 is 11.3 Å². The summed E-state index contributed by atoms with van der Waals surface area (Å²) in [6.45, 7) is 1.69. The van der Waals surface area contributed by atoms with Gasteiger partial charge in [0.15, 0.2) is 0 Å². The normalized spacial score (nSPS) is 16.9. The molecule has 0 N–H and O–H groups in total. The summed E-state index contributed by atoms with van der Waals surface area (Å²) >= 11 is 1.82. The quantitative estimate of drug-likeness (QED) is 0.805. The van der Waals surface area contributed by atoms with Crippen LogP contribution < -0.4 is 0 Å². The maximum Gasteiger partial charge on any atom is 0.246 e. The van der Waals surface area contributed by atoms with E-state index >= 15 is 0 Å². The van der Waals surface area contributed by atoms with Gasteiger partial charge in [0.05, 0.1) is 12.5 Å². The summed E-state index contributed by atoms with van der Waals surface area (Å²) in [7, 11) is 0. The minimum Gasteiger partial charge on any atom is -0.472 e. The molecule has 2 aromatic heterocycles. The minimum atomic E-state index is 0.0934. The monoisotopic (exact) mass is 287 g/mol. The Labute approximate surface area is 122 Å². The van der Waals surface area contributed by atoms with Gasteiger partial charge < -0.3 is 9.32 Å².